The van der Waals surface area contributed by atoms with Crippen LogP contribution in [0.3, 0.4) is 0 Å². The summed E-state index contributed by atoms with van der Waals surface area (Å²) in [6.07, 6.45) is 9.29. The van der Waals surface area contributed by atoms with Crippen LogP contribution in [0.4, 0.5) is 0 Å². The van der Waals surface area contributed by atoms with Crippen molar-refractivity contribution in [3.05, 3.63) is 24.7 Å². The zero-order valence-corrected chi connectivity index (χ0v) is 5.75. The Morgan fingerprint density at radius 3 is 3.40 bits per heavy atom. The third-order valence-corrected chi connectivity index (χ3v) is 1.84. The van der Waals surface area contributed by atoms with Gasteiger partial charge >= 0.3 is 0 Å². The van der Waals surface area contributed by atoms with Gasteiger partial charge in [0.15, 0.2) is 0 Å². The molecule has 1 unspecified atom stereocenters. The SMILES string of the molecule is C1=CC2CCNN2C=CN1. The molecule has 0 aromatic heterocycles. The molecule has 2 aliphatic rings. The number of hydrogen-bond acceptors (Lipinski definition) is 3. The molecular weight excluding hydrogens is 126 g/mol. The maximum Gasteiger partial charge on any atom is 0.0658 e. The molecule has 0 aliphatic carbocycles. The summed E-state index contributed by atoms with van der Waals surface area (Å²) in [5.41, 5.74) is 3.25. The maximum atomic E-state index is 3.25. The Labute approximate surface area is 60.4 Å². The van der Waals surface area contributed by atoms with E-state index in [1.54, 1.807) is 0 Å². The topological polar surface area (TPSA) is 27.3 Å². The fraction of sp³-hybridized carbons (Fsp3) is 0.429. The fourth-order valence-electron chi connectivity index (χ4n) is 1.30. The summed E-state index contributed by atoms with van der Waals surface area (Å²) < 4.78 is 0. The van der Waals surface area contributed by atoms with E-state index in [1.165, 1.54) is 6.42 Å². The Bertz CT molecular complexity index is 156. The molecule has 2 heterocycles. The van der Waals surface area contributed by atoms with Crippen LogP contribution < -0.4 is 10.7 Å². The van der Waals surface area contributed by atoms with Crippen LogP contribution in [-0.4, -0.2) is 17.6 Å². The minimum Gasteiger partial charge on any atom is -0.367 e. The van der Waals surface area contributed by atoms with E-state index in [9.17, 15) is 0 Å². The summed E-state index contributed by atoms with van der Waals surface area (Å²) in [6, 6.07) is 0.547. The highest BCUT2D eigenvalue weighted by Gasteiger charge is 2.18. The van der Waals surface area contributed by atoms with E-state index in [2.05, 4.69) is 21.8 Å². The highest BCUT2D eigenvalue weighted by Crippen LogP contribution is 2.10. The molecule has 10 heavy (non-hydrogen) atoms. The Hall–Kier alpha value is -0.960. The second-order valence-electron chi connectivity index (χ2n) is 2.51. The molecule has 2 rings (SSSR count). The molecule has 0 aromatic rings. The van der Waals surface area contributed by atoms with Crippen molar-refractivity contribution in [1.82, 2.24) is 15.8 Å². The maximum absolute atomic E-state index is 3.25. The van der Waals surface area contributed by atoms with Crippen molar-refractivity contribution in [3.8, 4) is 0 Å². The lowest BCUT2D eigenvalue weighted by Crippen LogP contribution is -2.30. The molecule has 0 amide bonds. The van der Waals surface area contributed by atoms with Crippen LogP contribution in [0.25, 0.3) is 0 Å². The van der Waals surface area contributed by atoms with Gasteiger partial charge in [0, 0.05) is 18.9 Å². The minimum absolute atomic E-state index is 0.547. The van der Waals surface area contributed by atoms with Crippen molar-refractivity contribution in [3.63, 3.8) is 0 Å². The molecule has 0 bridgehead atoms. The lowest BCUT2D eigenvalue weighted by molar-refractivity contribution is 0.312. The Morgan fingerprint density at radius 1 is 1.40 bits per heavy atom. The van der Waals surface area contributed by atoms with Gasteiger partial charge in [0.25, 0.3) is 0 Å². The highest BCUT2D eigenvalue weighted by atomic mass is 15.5. The quantitative estimate of drug-likeness (QED) is 0.498. The highest BCUT2D eigenvalue weighted by molar-refractivity contribution is 5.04. The van der Waals surface area contributed by atoms with Crippen molar-refractivity contribution in [2.45, 2.75) is 12.5 Å². The smallest absolute Gasteiger partial charge is 0.0658 e. The van der Waals surface area contributed by atoms with Gasteiger partial charge in [-0.25, -0.2) is 5.43 Å². The van der Waals surface area contributed by atoms with Gasteiger partial charge in [-0.2, -0.15) is 0 Å². The van der Waals surface area contributed by atoms with E-state index < -0.39 is 0 Å². The van der Waals surface area contributed by atoms with Crippen LogP contribution in [-0.2, 0) is 0 Å². The van der Waals surface area contributed by atoms with Crippen molar-refractivity contribution < 1.29 is 0 Å². The first-order valence-corrected chi connectivity index (χ1v) is 3.58. The first-order chi connectivity index (χ1) is 4.97. The summed E-state index contributed by atoms with van der Waals surface area (Å²) >= 11 is 0. The van der Waals surface area contributed by atoms with Gasteiger partial charge in [0.1, 0.15) is 0 Å². The van der Waals surface area contributed by atoms with E-state index in [1.807, 2.05) is 18.6 Å². The molecular formula is C7H11N3. The van der Waals surface area contributed by atoms with E-state index in [-0.39, 0.29) is 0 Å². The number of hydrogen-bond donors (Lipinski definition) is 2. The first-order valence-electron chi connectivity index (χ1n) is 3.58. The summed E-state index contributed by atoms with van der Waals surface area (Å²) in [4.78, 5) is 0. The lowest BCUT2D eigenvalue weighted by Gasteiger charge is -2.16. The van der Waals surface area contributed by atoms with Crippen molar-refractivity contribution >= 4 is 0 Å². The molecule has 54 valence electrons. The normalized spacial score (nSPS) is 29.6. The number of rotatable bonds is 0. The number of nitrogens with one attached hydrogen (secondary N) is 2. The zero-order chi connectivity index (χ0) is 6.81. The van der Waals surface area contributed by atoms with Gasteiger partial charge in [0.2, 0.25) is 0 Å². The Morgan fingerprint density at radius 2 is 2.40 bits per heavy atom. The van der Waals surface area contributed by atoms with E-state index in [0.717, 1.165) is 6.54 Å². The van der Waals surface area contributed by atoms with Crippen LogP contribution in [0.1, 0.15) is 6.42 Å². The largest absolute Gasteiger partial charge is 0.367 e. The third-order valence-electron chi connectivity index (χ3n) is 1.84. The predicted octanol–water partition coefficient (Wildman–Crippen LogP) is 0.153. The van der Waals surface area contributed by atoms with Crippen LogP contribution in [0.5, 0.6) is 0 Å². The van der Waals surface area contributed by atoms with E-state index >= 15 is 0 Å². The zero-order valence-electron chi connectivity index (χ0n) is 5.75. The van der Waals surface area contributed by atoms with Crippen LogP contribution in [0.15, 0.2) is 24.7 Å². The molecule has 1 fully saturated rings. The van der Waals surface area contributed by atoms with Gasteiger partial charge in [-0.05, 0) is 18.7 Å². The lowest BCUT2D eigenvalue weighted by atomic mass is 10.2. The third kappa shape index (κ3) is 0.885. The number of nitrogens with zero attached hydrogens (tertiary/aromatic N) is 1. The molecule has 3 nitrogen and oxygen atoms in total. The van der Waals surface area contributed by atoms with E-state index in [0.29, 0.717) is 6.04 Å². The fourth-order valence-corrected chi connectivity index (χ4v) is 1.30. The van der Waals surface area contributed by atoms with Gasteiger partial charge in [-0.3, -0.25) is 0 Å². The second-order valence-corrected chi connectivity index (χ2v) is 2.51. The minimum atomic E-state index is 0.547. The summed E-state index contributed by atoms with van der Waals surface area (Å²) in [5.74, 6) is 0. The monoisotopic (exact) mass is 137 g/mol. The summed E-state index contributed by atoms with van der Waals surface area (Å²) in [7, 11) is 0. The molecule has 2 N–H and O–H groups in total. The molecule has 2 aliphatic heterocycles. The van der Waals surface area contributed by atoms with Crippen LogP contribution >= 0.6 is 0 Å². The molecule has 0 saturated carbocycles. The van der Waals surface area contributed by atoms with Crippen molar-refractivity contribution in [1.29, 1.82) is 0 Å². The summed E-state index contributed by atoms with van der Waals surface area (Å²) in [5, 5.41) is 5.15. The molecule has 0 aromatic carbocycles. The number of fused-ring (bicyclic) bond motifs is 1. The van der Waals surface area contributed by atoms with Gasteiger partial charge in [-0.1, -0.05) is 0 Å². The Kier molecular flexibility index (Phi) is 1.36. The first kappa shape index (κ1) is 5.80. The summed E-state index contributed by atoms with van der Waals surface area (Å²) in [6.45, 7) is 1.08. The van der Waals surface area contributed by atoms with Gasteiger partial charge in [-0.15, -0.1) is 0 Å². The Balaban J connectivity index is 2.16. The molecule has 0 spiro atoms. The van der Waals surface area contributed by atoms with Crippen LogP contribution in [0.2, 0.25) is 0 Å². The van der Waals surface area contributed by atoms with Gasteiger partial charge in [0.05, 0.1) is 6.04 Å². The standard InChI is InChI=1S/C7H11N3/c1-3-8-5-6-10-7(1)2-4-9-10/h1,3,5-9H,2,4H2. The van der Waals surface area contributed by atoms with Gasteiger partial charge < -0.3 is 10.3 Å². The van der Waals surface area contributed by atoms with E-state index in [4.69, 9.17) is 0 Å². The molecule has 0 radical (unpaired) electrons. The second kappa shape index (κ2) is 2.34. The van der Waals surface area contributed by atoms with Crippen LogP contribution in [0, 0.1) is 0 Å². The predicted molar refractivity (Wildman–Crippen MR) is 39.7 cm³/mol. The van der Waals surface area contributed by atoms with Crippen molar-refractivity contribution in [2.75, 3.05) is 6.54 Å². The average Bonchev–Trinajstić information content (AvgIpc) is 2.28. The van der Waals surface area contributed by atoms with Crippen molar-refractivity contribution in [2.24, 2.45) is 0 Å². The average molecular weight is 137 g/mol. The molecule has 1 atom stereocenters. The molecule has 1 saturated heterocycles. The number of hydrazine groups is 1. The molecule has 3 heteroatoms.